The van der Waals surface area contributed by atoms with Crippen LogP contribution in [0.25, 0.3) is 21.9 Å². The molecule has 0 bridgehead atoms. The molecule has 3 aromatic heterocycles. The number of aromatic nitrogens is 5. The van der Waals surface area contributed by atoms with E-state index < -0.39 is 0 Å². The Bertz CT molecular complexity index is 1310. The van der Waals surface area contributed by atoms with E-state index in [2.05, 4.69) is 59.3 Å². The molecule has 2 N–H and O–H groups in total. The second-order valence-electron chi connectivity index (χ2n) is 9.35. The van der Waals surface area contributed by atoms with Crippen LogP contribution in [0.3, 0.4) is 0 Å². The van der Waals surface area contributed by atoms with Gasteiger partial charge in [-0.2, -0.15) is 0 Å². The summed E-state index contributed by atoms with van der Waals surface area (Å²) in [4.78, 5) is 25.8. The fourth-order valence-corrected chi connectivity index (χ4v) is 5.19. The summed E-state index contributed by atoms with van der Waals surface area (Å²) < 4.78 is 11.8. The van der Waals surface area contributed by atoms with Gasteiger partial charge >= 0.3 is 0 Å². The molecule has 188 valence electrons. The lowest BCUT2D eigenvalue weighted by molar-refractivity contribution is 0.0378. The molecule has 6 rings (SSSR count). The molecule has 0 radical (unpaired) electrons. The molecule has 4 aromatic rings. The minimum Gasteiger partial charge on any atom is -0.489 e. The Hall–Kier alpha value is -3.50. The van der Waals surface area contributed by atoms with Crippen LogP contribution < -0.4 is 15.0 Å². The molecule has 5 heterocycles. The lowest BCUT2D eigenvalue weighted by atomic mass is 10.1. The highest BCUT2D eigenvalue weighted by Gasteiger charge is 2.28. The number of aromatic amines is 1. The number of hydrogen-bond acceptors (Lipinski definition) is 9. The molecule has 36 heavy (non-hydrogen) atoms. The van der Waals surface area contributed by atoms with Gasteiger partial charge in [0.25, 0.3) is 0 Å². The van der Waals surface area contributed by atoms with Crippen LogP contribution >= 0.6 is 0 Å². The van der Waals surface area contributed by atoms with Crippen molar-refractivity contribution in [3.63, 3.8) is 0 Å². The summed E-state index contributed by atoms with van der Waals surface area (Å²) in [7, 11) is 0. The molecule has 2 fully saturated rings. The topological polar surface area (TPSA) is 104 Å². The molecule has 1 unspecified atom stereocenters. The molecule has 1 aromatic carbocycles. The number of nitrogens with zero attached hydrogens (tertiary/aromatic N) is 6. The van der Waals surface area contributed by atoms with Crippen LogP contribution in [0.4, 0.5) is 11.6 Å². The summed E-state index contributed by atoms with van der Waals surface area (Å²) in [6.07, 6.45) is 8.32. The molecule has 2 aliphatic rings. The van der Waals surface area contributed by atoms with Gasteiger partial charge in [-0.25, -0.2) is 19.9 Å². The van der Waals surface area contributed by atoms with E-state index in [1.54, 1.807) is 12.7 Å². The maximum absolute atomic E-state index is 6.39. The largest absolute Gasteiger partial charge is 0.489 e. The zero-order valence-electron chi connectivity index (χ0n) is 20.4. The van der Waals surface area contributed by atoms with Crippen molar-refractivity contribution in [2.45, 2.75) is 25.3 Å². The van der Waals surface area contributed by atoms with E-state index in [-0.39, 0.29) is 6.04 Å². The van der Waals surface area contributed by atoms with Crippen molar-refractivity contribution in [3.05, 3.63) is 43.1 Å². The molecule has 10 nitrogen and oxygen atoms in total. The predicted molar refractivity (Wildman–Crippen MR) is 140 cm³/mol. The fourth-order valence-electron chi connectivity index (χ4n) is 5.19. The summed E-state index contributed by atoms with van der Waals surface area (Å²) >= 11 is 0. The molecule has 0 spiro atoms. The molecule has 0 aliphatic carbocycles. The van der Waals surface area contributed by atoms with Crippen LogP contribution in [-0.2, 0) is 4.74 Å². The van der Waals surface area contributed by atoms with Crippen molar-refractivity contribution >= 4 is 33.6 Å². The Balaban J connectivity index is 1.12. The molecular formula is C26H32N8O2. The van der Waals surface area contributed by atoms with Crippen LogP contribution in [-0.4, -0.2) is 88.4 Å². The standard InChI is InChI=1S/C26H32N8O2/c1-2-7-21-20(6-1)22(15-28-24(21)27-8-4-9-33-11-13-35-14-12-33)36-16-19-5-3-10-34(19)26-23-25(30-17-29-23)31-18-32-26/h1-2,6-7,15,17-19H,3-5,8-14,16H2,(H,27,28)(H,29,30,31,32). The monoisotopic (exact) mass is 488 g/mol. The summed E-state index contributed by atoms with van der Waals surface area (Å²) in [5, 5.41) is 5.69. The van der Waals surface area contributed by atoms with Gasteiger partial charge in [0.1, 0.15) is 30.0 Å². The van der Waals surface area contributed by atoms with Gasteiger partial charge < -0.3 is 24.7 Å². The van der Waals surface area contributed by atoms with Gasteiger partial charge in [-0.15, -0.1) is 0 Å². The number of ether oxygens (including phenoxy) is 2. The number of H-pyrrole nitrogens is 1. The molecular weight excluding hydrogens is 456 g/mol. The zero-order valence-corrected chi connectivity index (χ0v) is 20.4. The number of imidazole rings is 1. The molecule has 0 amide bonds. The quantitative estimate of drug-likeness (QED) is 0.344. The highest BCUT2D eigenvalue weighted by atomic mass is 16.5. The predicted octanol–water partition coefficient (Wildman–Crippen LogP) is 3.08. The van der Waals surface area contributed by atoms with Gasteiger partial charge in [-0.3, -0.25) is 4.90 Å². The second kappa shape index (κ2) is 10.6. The van der Waals surface area contributed by atoms with E-state index in [0.717, 1.165) is 105 Å². The third kappa shape index (κ3) is 4.78. The van der Waals surface area contributed by atoms with Crippen molar-refractivity contribution in [1.29, 1.82) is 0 Å². The number of benzene rings is 1. The van der Waals surface area contributed by atoms with Gasteiger partial charge in [0.2, 0.25) is 0 Å². The first-order valence-corrected chi connectivity index (χ1v) is 12.8. The third-order valence-corrected chi connectivity index (χ3v) is 7.08. The van der Waals surface area contributed by atoms with E-state index in [1.165, 1.54) is 0 Å². The summed E-state index contributed by atoms with van der Waals surface area (Å²) in [5.74, 6) is 2.58. The van der Waals surface area contributed by atoms with Gasteiger partial charge in [-0.05, 0) is 25.8 Å². The minimum atomic E-state index is 0.219. The van der Waals surface area contributed by atoms with E-state index in [9.17, 15) is 0 Å². The van der Waals surface area contributed by atoms with Gasteiger partial charge in [0, 0.05) is 37.0 Å². The SMILES string of the molecule is c1ccc2c(NCCCN3CCOCC3)ncc(OCC3CCCN3c3ncnc4[nH]cnc34)c2c1. The Morgan fingerprint density at radius 1 is 1.06 bits per heavy atom. The number of fused-ring (bicyclic) bond motifs is 2. The van der Waals surface area contributed by atoms with Crippen LogP contribution in [0.1, 0.15) is 19.3 Å². The summed E-state index contributed by atoms with van der Waals surface area (Å²) in [6, 6.07) is 8.53. The highest BCUT2D eigenvalue weighted by molar-refractivity contribution is 5.95. The van der Waals surface area contributed by atoms with Crippen molar-refractivity contribution in [2.24, 2.45) is 0 Å². The van der Waals surface area contributed by atoms with Crippen LogP contribution in [0, 0.1) is 0 Å². The Kier molecular flexibility index (Phi) is 6.77. The summed E-state index contributed by atoms with van der Waals surface area (Å²) in [6.45, 7) is 7.17. The number of morpholine rings is 1. The summed E-state index contributed by atoms with van der Waals surface area (Å²) in [5.41, 5.74) is 1.57. The molecule has 1 atom stereocenters. The maximum atomic E-state index is 6.39. The van der Waals surface area contributed by atoms with E-state index in [0.29, 0.717) is 6.61 Å². The number of nitrogens with one attached hydrogen (secondary N) is 2. The molecule has 0 saturated carbocycles. The molecule has 2 aliphatic heterocycles. The van der Waals surface area contributed by atoms with E-state index in [4.69, 9.17) is 14.5 Å². The molecule has 10 heteroatoms. The first kappa shape index (κ1) is 22.9. The number of hydrogen-bond donors (Lipinski definition) is 2. The number of anilines is 2. The minimum absolute atomic E-state index is 0.219. The van der Waals surface area contributed by atoms with E-state index in [1.807, 2.05) is 6.20 Å². The van der Waals surface area contributed by atoms with E-state index >= 15 is 0 Å². The Labute approximate surface area is 210 Å². The Morgan fingerprint density at radius 3 is 2.86 bits per heavy atom. The zero-order chi connectivity index (χ0) is 24.2. The van der Waals surface area contributed by atoms with Crippen LogP contribution in [0.15, 0.2) is 43.1 Å². The van der Waals surface area contributed by atoms with Gasteiger partial charge in [-0.1, -0.05) is 24.3 Å². The molecule has 2 saturated heterocycles. The van der Waals surface area contributed by atoms with Crippen LogP contribution in [0.5, 0.6) is 5.75 Å². The first-order valence-electron chi connectivity index (χ1n) is 12.8. The van der Waals surface area contributed by atoms with Crippen LogP contribution in [0.2, 0.25) is 0 Å². The first-order chi connectivity index (χ1) is 17.9. The average molecular weight is 489 g/mol. The number of pyridine rings is 1. The smallest absolute Gasteiger partial charge is 0.162 e. The normalized spacial score (nSPS) is 18.8. The maximum Gasteiger partial charge on any atom is 0.162 e. The lowest BCUT2D eigenvalue weighted by Crippen LogP contribution is -2.37. The highest BCUT2D eigenvalue weighted by Crippen LogP contribution is 2.32. The third-order valence-electron chi connectivity index (χ3n) is 7.08. The average Bonchev–Trinajstić information content (AvgIpc) is 3.60. The number of rotatable bonds is 9. The second-order valence-corrected chi connectivity index (χ2v) is 9.35. The Morgan fingerprint density at radius 2 is 1.94 bits per heavy atom. The van der Waals surface area contributed by atoms with Crippen molar-refractivity contribution in [2.75, 3.05) is 62.8 Å². The van der Waals surface area contributed by atoms with Crippen molar-refractivity contribution in [1.82, 2.24) is 29.8 Å². The fraction of sp³-hybridized carbons (Fsp3) is 0.462. The lowest BCUT2D eigenvalue weighted by Gasteiger charge is -2.26. The van der Waals surface area contributed by atoms with Gasteiger partial charge in [0.05, 0.1) is 31.8 Å². The van der Waals surface area contributed by atoms with Gasteiger partial charge in [0.15, 0.2) is 11.5 Å². The van der Waals surface area contributed by atoms with Crippen molar-refractivity contribution < 1.29 is 9.47 Å². The van der Waals surface area contributed by atoms with Crippen molar-refractivity contribution in [3.8, 4) is 5.75 Å².